The van der Waals surface area contributed by atoms with Gasteiger partial charge in [-0.05, 0) is 78.5 Å². The molecular weight excluding hydrogens is 723 g/mol. The number of amides is 1. The first kappa shape index (κ1) is 35.2. The van der Waals surface area contributed by atoms with Crippen LogP contribution in [0.15, 0.2) is 64.2 Å². The van der Waals surface area contributed by atoms with Crippen molar-refractivity contribution in [1.29, 1.82) is 0 Å². The highest BCUT2D eigenvalue weighted by atomic mass is 32.2. The Morgan fingerprint density at radius 2 is 1.80 bits per heavy atom. The van der Waals surface area contributed by atoms with Crippen molar-refractivity contribution in [3.8, 4) is 16.2 Å². The summed E-state index contributed by atoms with van der Waals surface area (Å²) in [5.41, 5.74) is 2.83. The van der Waals surface area contributed by atoms with Crippen LogP contribution in [0.1, 0.15) is 54.8 Å². The number of hydrogen-bond acceptors (Lipinski definition) is 11. The van der Waals surface area contributed by atoms with Crippen molar-refractivity contribution < 1.29 is 44.5 Å². The van der Waals surface area contributed by atoms with E-state index >= 15 is 0 Å². The molecule has 2 atom stereocenters. The number of thiophene rings is 1. The van der Waals surface area contributed by atoms with Crippen molar-refractivity contribution in [2.75, 3.05) is 36.9 Å². The van der Waals surface area contributed by atoms with Gasteiger partial charge >= 0.3 is 11.8 Å². The average molecular weight is 760 g/mol. The molecule has 5 heterocycles. The maximum absolute atomic E-state index is 13.9. The van der Waals surface area contributed by atoms with Gasteiger partial charge in [0.05, 0.1) is 23.1 Å². The Labute approximate surface area is 299 Å². The van der Waals surface area contributed by atoms with Gasteiger partial charge < -0.3 is 23.2 Å². The van der Waals surface area contributed by atoms with Crippen LogP contribution in [0, 0.1) is 0 Å². The molecule has 3 aliphatic rings. The molecule has 2 unspecified atom stereocenters. The first-order chi connectivity index (χ1) is 23.9. The number of aromatic nitrogens is 1. The van der Waals surface area contributed by atoms with Crippen molar-refractivity contribution in [3.05, 3.63) is 71.2 Å². The van der Waals surface area contributed by atoms with E-state index in [-0.39, 0.29) is 43.6 Å². The molecule has 0 bridgehead atoms. The number of aryl methyl sites for hydroxylation is 1. The van der Waals surface area contributed by atoms with E-state index in [0.29, 0.717) is 41.2 Å². The standard InChI is InChI=1S/C34H37N3O9S4/c38-34(35-13-1-3-17-47-18-4-2-14-35)25-9-11-29-27(22-25)37(16-12-33(37)50(42,43)44)32(46-29)23-31-36(15-6-20-49(39,40)41)26-21-24(8-10-28(26)45-31)30-7-5-19-48-30/h5,7-11,19,21-23,33H,1-4,6,12-18,20H2. The summed E-state index contributed by atoms with van der Waals surface area (Å²) in [6.45, 7) is 1.60. The first-order valence-corrected chi connectivity index (χ1v) is 21.7. The summed E-state index contributed by atoms with van der Waals surface area (Å²) in [5, 5.41) is 0.569. The van der Waals surface area contributed by atoms with Crippen LogP contribution in [0.3, 0.4) is 0 Å². The third-order valence-electron chi connectivity index (χ3n) is 9.58. The number of carbonyl (C=O) groups is 1. The number of rotatable bonds is 8. The molecule has 0 saturated carbocycles. The average Bonchev–Trinajstić information content (AvgIpc) is 3.78. The number of carbonyl (C=O) groups excluding carboxylic acids is 1. The topological polar surface area (TPSA) is 161 Å². The zero-order valence-electron chi connectivity index (χ0n) is 27.2. The Morgan fingerprint density at radius 1 is 1.02 bits per heavy atom. The number of nitrogens with zero attached hydrogens (tertiary/aromatic N) is 3. The first-order valence-electron chi connectivity index (χ1n) is 16.6. The van der Waals surface area contributed by atoms with Crippen LogP contribution in [0.2, 0.25) is 0 Å². The lowest BCUT2D eigenvalue weighted by Crippen LogP contribution is -2.67. The Kier molecular flexibility index (Phi) is 9.88. The second kappa shape index (κ2) is 14.1. The number of ether oxygens (including phenoxy) is 1. The van der Waals surface area contributed by atoms with Crippen LogP contribution in [-0.2, 0) is 26.8 Å². The van der Waals surface area contributed by atoms with E-state index in [4.69, 9.17) is 9.15 Å². The zero-order chi connectivity index (χ0) is 35.1. The molecule has 1 spiro atoms. The molecule has 0 radical (unpaired) electrons. The molecule has 2 aromatic heterocycles. The van der Waals surface area contributed by atoms with Gasteiger partial charge in [-0.1, -0.05) is 6.07 Å². The van der Waals surface area contributed by atoms with Gasteiger partial charge in [-0.25, -0.2) is 21.3 Å². The second-order valence-corrected chi connectivity index (χ2v) is 18.0. The molecule has 3 aliphatic heterocycles. The molecule has 2 fully saturated rings. The van der Waals surface area contributed by atoms with E-state index in [9.17, 15) is 30.7 Å². The molecule has 16 heteroatoms. The van der Waals surface area contributed by atoms with Crippen LogP contribution in [0.25, 0.3) is 27.6 Å². The highest BCUT2D eigenvalue weighted by Gasteiger charge is 2.61. The summed E-state index contributed by atoms with van der Waals surface area (Å²) in [6, 6.07) is 14.5. The maximum Gasteiger partial charge on any atom is 0.383 e. The van der Waals surface area contributed by atoms with Crippen molar-refractivity contribution in [2.45, 2.75) is 50.4 Å². The SMILES string of the molecule is O=C(c1ccc2c(c1)[N+]1(CCC1S(=O)(=O)[O-])C(=Cc1oc3ccc(-c4cccs4)cc3[n+]1CCCS(=O)(=O)[O-])O2)N1CCCCSCCCC1. The Balaban J connectivity index is 1.30. The lowest BCUT2D eigenvalue weighted by molar-refractivity contribution is -0.677. The summed E-state index contributed by atoms with van der Waals surface area (Å²) in [4.78, 5) is 16.7. The van der Waals surface area contributed by atoms with E-state index in [0.717, 1.165) is 47.6 Å². The van der Waals surface area contributed by atoms with Gasteiger partial charge in [0.25, 0.3) is 11.4 Å². The monoisotopic (exact) mass is 759 g/mol. The van der Waals surface area contributed by atoms with E-state index in [1.54, 1.807) is 40.2 Å². The van der Waals surface area contributed by atoms with E-state index in [2.05, 4.69) is 0 Å². The number of benzene rings is 2. The highest BCUT2D eigenvalue weighted by Crippen LogP contribution is 2.53. The lowest BCUT2D eigenvalue weighted by Gasteiger charge is -2.47. The molecule has 1 amide bonds. The minimum absolute atomic E-state index is 0.00396. The smallest absolute Gasteiger partial charge is 0.383 e. The number of quaternary nitrogens is 1. The molecule has 12 nitrogen and oxygen atoms in total. The zero-order valence-corrected chi connectivity index (χ0v) is 30.5. The number of thioether (sulfide) groups is 1. The van der Waals surface area contributed by atoms with Gasteiger partial charge in [0.15, 0.2) is 39.5 Å². The number of hydrogen-bond donors (Lipinski definition) is 0. The van der Waals surface area contributed by atoms with Crippen LogP contribution >= 0.6 is 23.1 Å². The summed E-state index contributed by atoms with van der Waals surface area (Å²) in [5.74, 6) is 2.10. The van der Waals surface area contributed by atoms with Crippen LogP contribution < -0.4 is 13.8 Å². The van der Waals surface area contributed by atoms with Crippen LogP contribution in [0.5, 0.6) is 5.75 Å². The Bertz CT molecular complexity index is 2150. The lowest BCUT2D eigenvalue weighted by atomic mass is 10.0. The van der Waals surface area contributed by atoms with Crippen LogP contribution in [-0.4, -0.2) is 79.0 Å². The molecular formula is C34H37N3O9S4. The number of fused-ring (bicyclic) bond motifs is 3. The van der Waals surface area contributed by atoms with Gasteiger partial charge in [-0.2, -0.15) is 16.3 Å². The molecule has 4 aromatic rings. The molecule has 266 valence electrons. The van der Waals surface area contributed by atoms with Crippen molar-refractivity contribution >= 4 is 72.1 Å². The fourth-order valence-electron chi connectivity index (χ4n) is 7.04. The fourth-order valence-corrected chi connectivity index (χ4v) is 10.4. The summed E-state index contributed by atoms with van der Waals surface area (Å²) < 4.78 is 86.5. The summed E-state index contributed by atoms with van der Waals surface area (Å²) in [7, 11) is -9.30. The van der Waals surface area contributed by atoms with Gasteiger partial charge in [0.2, 0.25) is 5.58 Å². The van der Waals surface area contributed by atoms with Crippen molar-refractivity contribution in [1.82, 2.24) is 9.38 Å². The van der Waals surface area contributed by atoms with Gasteiger partial charge in [-0.3, -0.25) is 4.79 Å². The minimum atomic E-state index is -4.83. The fraction of sp³-hybridized carbons (Fsp3) is 0.412. The van der Waals surface area contributed by atoms with Gasteiger partial charge in [0, 0.05) is 47.8 Å². The van der Waals surface area contributed by atoms with Gasteiger partial charge in [0.1, 0.15) is 0 Å². The predicted molar refractivity (Wildman–Crippen MR) is 190 cm³/mol. The molecule has 2 aromatic carbocycles. The molecule has 7 rings (SSSR count). The van der Waals surface area contributed by atoms with Gasteiger partial charge in [-0.15, -0.1) is 11.3 Å². The second-order valence-electron chi connectivity index (χ2n) is 12.8. The Hall–Kier alpha value is -3.25. The molecule has 2 saturated heterocycles. The quantitative estimate of drug-likeness (QED) is 0.134. The normalized spacial score (nSPS) is 22.4. The maximum atomic E-state index is 13.9. The largest absolute Gasteiger partial charge is 0.748 e. The van der Waals surface area contributed by atoms with Crippen molar-refractivity contribution in [3.63, 3.8) is 0 Å². The minimum Gasteiger partial charge on any atom is -0.748 e. The third-order valence-corrected chi connectivity index (χ3v) is 13.7. The predicted octanol–water partition coefficient (Wildman–Crippen LogP) is 5.11. The third kappa shape index (κ3) is 6.98. The van der Waals surface area contributed by atoms with E-state index in [1.807, 2.05) is 46.3 Å². The van der Waals surface area contributed by atoms with Crippen molar-refractivity contribution in [2.24, 2.45) is 0 Å². The Morgan fingerprint density at radius 3 is 2.46 bits per heavy atom. The van der Waals surface area contributed by atoms with Crippen LogP contribution in [0.4, 0.5) is 5.69 Å². The molecule has 0 aliphatic carbocycles. The molecule has 50 heavy (non-hydrogen) atoms. The summed E-state index contributed by atoms with van der Waals surface area (Å²) >= 11 is 3.50. The summed E-state index contributed by atoms with van der Waals surface area (Å²) in [6.07, 6.45) is 5.47. The highest BCUT2D eigenvalue weighted by molar-refractivity contribution is 7.99. The van der Waals surface area contributed by atoms with E-state index < -0.39 is 35.8 Å². The number of oxazole rings is 1. The van der Waals surface area contributed by atoms with E-state index in [1.165, 1.54) is 6.08 Å². The molecule has 0 N–H and O–H groups in total.